The molecule has 0 saturated heterocycles. The highest BCUT2D eigenvalue weighted by Gasteiger charge is 2.28. The minimum atomic E-state index is -2.63. The van der Waals surface area contributed by atoms with Crippen molar-refractivity contribution in [1.29, 1.82) is 0 Å². The van der Waals surface area contributed by atoms with E-state index in [0.717, 1.165) is 19.3 Å². The number of carbonyl (C=O) groups is 1. The predicted octanol–water partition coefficient (Wildman–Crippen LogP) is 4.30. The van der Waals surface area contributed by atoms with E-state index in [1.165, 1.54) is 18.5 Å². The minimum Gasteiger partial charge on any atom is -0.493 e. The average Bonchev–Trinajstić information content (AvgIpc) is 3.43. The molecule has 7 nitrogen and oxygen atoms in total. The van der Waals surface area contributed by atoms with Gasteiger partial charge in [0.25, 0.3) is 12.3 Å². The van der Waals surface area contributed by atoms with Crippen molar-refractivity contribution in [2.45, 2.75) is 57.6 Å². The Morgan fingerprint density at radius 2 is 2.09 bits per heavy atom. The van der Waals surface area contributed by atoms with Gasteiger partial charge in [-0.15, -0.1) is 0 Å². The van der Waals surface area contributed by atoms with Gasteiger partial charge in [0.1, 0.15) is 23.3 Å². The summed E-state index contributed by atoms with van der Waals surface area (Å²) in [5.41, 5.74) is 2.63. The maximum absolute atomic E-state index is 13.5. The van der Waals surface area contributed by atoms with Crippen LogP contribution in [0.15, 0.2) is 24.5 Å². The molecule has 3 aromatic rings. The van der Waals surface area contributed by atoms with Crippen molar-refractivity contribution in [1.82, 2.24) is 20.3 Å². The monoisotopic (exact) mass is 456 g/mol. The number of amides is 1. The number of halogens is 2. The van der Waals surface area contributed by atoms with Crippen LogP contribution < -0.4 is 10.1 Å². The van der Waals surface area contributed by atoms with Gasteiger partial charge in [-0.1, -0.05) is 0 Å². The Morgan fingerprint density at radius 3 is 2.79 bits per heavy atom. The minimum absolute atomic E-state index is 0.0942. The maximum atomic E-state index is 13.5. The number of benzene rings is 1. The number of aromatic amines is 1. The van der Waals surface area contributed by atoms with Crippen LogP contribution in [0.5, 0.6) is 5.75 Å². The van der Waals surface area contributed by atoms with Crippen molar-refractivity contribution in [2.24, 2.45) is 5.92 Å². The molecule has 2 atom stereocenters. The Morgan fingerprint density at radius 1 is 1.27 bits per heavy atom. The molecular weight excluding hydrogens is 430 g/mol. The first-order valence-corrected chi connectivity index (χ1v) is 11.3. The van der Waals surface area contributed by atoms with E-state index in [9.17, 15) is 18.7 Å². The molecule has 3 N–H and O–H groups in total. The van der Waals surface area contributed by atoms with Crippen LogP contribution in [0.25, 0.3) is 22.3 Å². The first-order valence-electron chi connectivity index (χ1n) is 11.3. The second-order valence-corrected chi connectivity index (χ2v) is 9.02. The molecule has 0 spiro atoms. The standard InChI is InChI=1S/C24H26F2N4O3/c1-12-19(24(32)30-15-5-6-16(31)9-15)21-22(29-12)20(27-11-28-21)17-8-14(23(25)26)4-7-18(17)33-10-13-2-3-13/h4,7-8,11,13,15-16,23,29,31H,2-3,5-6,9-10H2,1H3,(H,30,32)/t15-,16-/m0/s1. The van der Waals surface area contributed by atoms with E-state index in [2.05, 4.69) is 20.3 Å². The number of aromatic nitrogens is 3. The van der Waals surface area contributed by atoms with Gasteiger partial charge in [0, 0.05) is 22.9 Å². The van der Waals surface area contributed by atoms with Crippen molar-refractivity contribution < 1.29 is 23.4 Å². The van der Waals surface area contributed by atoms with Gasteiger partial charge in [-0.3, -0.25) is 4.79 Å². The van der Waals surface area contributed by atoms with Gasteiger partial charge in [0.05, 0.1) is 23.8 Å². The Kier molecular flexibility index (Phi) is 5.74. The van der Waals surface area contributed by atoms with E-state index < -0.39 is 12.5 Å². The zero-order chi connectivity index (χ0) is 23.1. The number of alkyl halides is 2. The lowest BCUT2D eigenvalue weighted by molar-refractivity contribution is 0.0935. The van der Waals surface area contributed by atoms with Crippen molar-refractivity contribution in [3.05, 3.63) is 41.3 Å². The summed E-state index contributed by atoms with van der Waals surface area (Å²) < 4.78 is 32.9. The van der Waals surface area contributed by atoms with Crippen LogP contribution in [-0.2, 0) is 0 Å². The highest BCUT2D eigenvalue weighted by Crippen LogP contribution is 2.38. The highest BCUT2D eigenvalue weighted by atomic mass is 19.3. The van der Waals surface area contributed by atoms with Crippen molar-refractivity contribution >= 4 is 16.9 Å². The zero-order valence-corrected chi connectivity index (χ0v) is 18.3. The fraction of sp³-hybridized carbons (Fsp3) is 0.458. The SMILES string of the molecule is Cc1[nH]c2c(-c3cc(C(F)F)ccc3OCC3CC3)ncnc2c1C(=O)N[C@H]1CC[C@H](O)C1. The molecule has 0 radical (unpaired) electrons. The van der Waals surface area contributed by atoms with Gasteiger partial charge < -0.3 is 20.1 Å². The van der Waals surface area contributed by atoms with E-state index in [-0.39, 0.29) is 17.5 Å². The lowest BCUT2D eigenvalue weighted by Crippen LogP contribution is -2.33. The number of ether oxygens (including phenoxy) is 1. The summed E-state index contributed by atoms with van der Waals surface area (Å²) in [7, 11) is 0. The molecule has 2 fully saturated rings. The second-order valence-electron chi connectivity index (χ2n) is 9.02. The quantitative estimate of drug-likeness (QED) is 0.492. The van der Waals surface area contributed by atoms with Crippen LogP contribution in [-0.4, -0.2) is 44.7 Å². The molecule has 2 saturated carbocycles. The van der Waals surface area contributed by atoms with Crippen LogP contribution in [0.2, 0.25) is 0 Å². The number of nitrogens with one attached hydrogen (secondary N) is 2. The van der Waals surface area contributed by atoms with Crippen LogP contribution >= 0.6 is 0 Å². The number of hydrogen-bond acceptors (Lipinski definition) is 5. The molecule has 0 bridgehead atoms. The molecule has 1 amide bonds. The summed E-state index contributed by atoms with van der Waals surface area (Å²) in [6, 6.07) is 4.22. The number of H-pyrrole nitrogens is 1. The Labute approximate surface area is 189 Å². The first kappa shape index (κ1) is 21.8. The number of aryl methyl sites for hydroxylation is 1. The molecule has 2 heterocycles. The van der Waals surface area contributed by atoms with Gasteiger partial charge in [-0.05, 0) is 63.1 Å². The summed E-state index contributed by atoms with van der Waals surface area (Å²) in [5.74, 6) is 0.689. The fourth-order valence-electron chi connectivity index (χ4n) is 4.44. The van der Waals surface area contributed by atoms with Gasteiger partial charge in [0.15, 0.2) is 0 Å². The number of carbonyl (C=O) groups excluding carboxylic acids is 1. The molecule has 2 aliphatic carbocycles. The van der Waals surface area contributed by atoms with E-state index >= 15 is 0 Å². The van der Waals surface area contributed by atoms with Gasteiger partial charge in [-0.25, -0.2) is 18.7 Å². The second kappa shape index (κ2) is 8.70. The average molecular weight is 456 g/mol. The fourth-order valence-corrected chi connectivity index (χ4v) is 4.44. The number of nitrogens with zero attached hydrogens (tertiary/aromatic N) is 2. The Hall–Kier alpha value is -3.07. The highest BCUT2D eigenvalue weighted by molar-refractivity contribution is 6.09. The molecule has 9 heteroatoms. The number of rotatable bonds is 7. The van der Waals surface area contributed by atoms with Gasteiger partial charge >= 0.3 is 0 Å². The van der Waals surface area contributed by atoms with Crippen molar-refractivity contribution in [2.75, 3.05) is 6.61 Å². The number of aliphatic hydroxyl groups is 1. The molecule has 0 unspecified atom stereocenters. The summed E-state index contributed by atoms with van der Waals surface area (Å²) in [4.78, 5) is 24.9. The Bertz CT molecular complexity index is 1190. The van der Waals surface area contributed by atoms with E-state index in [1.54, 1.807) is 13.0 Å². The molecule has 0 aliphatic heterocycles. The molecule has 5 rings (SSSR count). The van der Waals surface area contributed by atoms with Gasteiger partial charge in [0.2, 0.25) is 0 Å². The number of hydrogen-bond donors (Lipinski definition) is 3. The van der Waals surface area contributed by atoms with Crippen molar-refractivity contribution in [3.8, 4) is 17.0 Å². The lowest BCUT2D eigenvalue weighted by Gasteiger charge is -2.13. The van der Waals surface area contributed by atoms with Crippen LogP contribution in [0.1, 0.15) is 60.1 Å². The summed E-state index contributed by atoms with van der Waals surface area (Å²) in [6.07, 6.45) is 2.42. The van der Waals surface area contributed by atoms with E-state index in [1.807, 2.05) is 0 Å². The number of aliphatic hydroxyl groups excluding tert-OH is 1. The summed E-state index contributed by atoms with van der Waals surface area (Å²) in [5, 5.41) is 12.7. The summed E-state index contributed by atoms with van der Waals surface area (Å²) in [6.45, 7) is 2.30. The smallest absolute Gasteiger partial charge is 0.263 e. The summed E-state index contributed by atoms with van der Waals surface area (Å²) >= 11 is 0. The largest absolute Gasteiger partial charge is 0.493 e. The van der Waals surface area contributed by atoms with Crippen LogP contribution in [0.4, 0.5) is 8.78 Å². The predicted molar refractivity (Wildman–Crippen MR) is 118 cm³/mol. The Balaban J connectivity index is 1.54. The lowest BCUT2D eigenvalue weighted by atomic mass is 10.0. The molecule has 1 aromatic carbocycles. The van der Waals surface area contributed by atoms with E-state index in [0.29, 0.717) is 64.7 Å². The molecular formula is C24H26F2N4O3. The molecule has 33 heavy (non-hydrogen) atoms. The molecule has 2 aliphatic rings. The third-order valence-corrected chi connectivity index (χ3v) is 6.42. The maximum Gasteiger partial charge on any atom is 0.263 e. The van der Waals surface area contributed by atoms with Gasteiger partial charge in [-0.2, -0.15) is 0 Å². The number of fused-ring (bicyclic) bond motifs is 1. The molecule has 2 aromatic heterocycles. The normalized spacial score (nSPS) is 20.5. The van der Waals surface area contributed by atoms with Crippen molar-refractivity contribution in [3.63, 3.8) is 0 Å². The third-order valence-electron chi connectivity index (χ3n) is 6.42. The molecule has 174 valence electrons. The zero-order valence-electron chi connectivity index (χ0n) is 18.3. The van der Waals surface area contributed by atoms with Crippen LogP contribution in [0, 0.1) is 12.8 Å². The van der Waals surface area contributed by atoms with E-state index in [4.69, 9.17) is 4.74 Å². The topological polar surface area (TPSA) is 100 Å². The third kappa shape index (κ3) is 4.42. The first-order chi connectivity index (χ1) is 15.9. The van der Waals surface area contributed by atoms with Crippen LogP contribution in [0.3, 0.4) is 0 Å².